The van der Waals surface area contributed by atoms with Crippen LogP contribution in [0, 0.1) is 0 Å². The Labute approximate surface area is 207 Å². The van der Waals surface area contributed by atoms with Gasteiger partial charge in [0.05, 0.1) is 40.7 Å². The molecule has 0 aliphatic carbocycles. The highest BCUT2D eigenvalue weighted by atomic mass is 79.9. The van der Waals surface area contributed by atoms with E-state index in [2.05, 4.69) is 40.8 Å². The molecule has 0 aliphatic heterocycles. The fourth-order valence-corrected chi connectivity index (χ4v) is 4.62. The number of hydrogen-bond donors (Lipinski definition) is 0. The number of carbonyl (C=O) groups excluding carboxylic acids is 1. The summed E-state index contributed by atoms with van der Waals surface area (Å²) in [5, 5.41) is 3.79. The Morgan fingerprint density at radius 2 is 1.88 bits per heavy atom. The Kier molecular flexibility index (Phi) is 9.77. The van der Waals surface area contributed by atoms with E-state index in [0.717, 1.165) is 0 Å². The van der Waals surface area contributed by atoms with Crippen molar-refractivity contribution in [3.63, 3.8) is 0 Å². The van der Waals surface area contributed by atoms with Crippen LogP contribution < -0.4 is 9.47 Å². The first kappa shape index (κ1) is 26.4. The van der Waals surface area contributed by atoms with Gasteiger partial charge in [0.25, 0.3) is 0 Å². The minimum atomic E-state index is -4.24. The van der Waals surface area contributed by atoms with E-state index in [1.54, 1.807) is 19.1 Å². The predicted octanol–water partition coefficient (Wildman–Crippen LogP) is 5.17. The Morgan fingerprint density at radius 1 is 1.22 bits per heavy atom. The molecule has 0 aliphatic rings. The highest BCUT2D eigenvalue weighted by Crippen LogP contribution is 2.39. The summed E-state index contributed by atoms with van der Waals surface area (Å²) in [7, 11) is -2.92. The summed E-state index contributed by atoms with van der Waals surface area (Å²) in [6.45, 7) is 3.47. The molecule has 13 heteroatoms. The normalized spacial score (nSPS) is 12.4. The molecule has 0 fully saturated rings. The summed E-state index contributed by atoms with van der Waals surface area (Å²) in [6.07, 6.45) is 0.559. The van der Waals surface area contributed by atoms with Gasteiger partial charge < -0.3 is 19.0 Å². The number of oxime groups is 1. The van der Waals surface area contributed by atoms with Gasteiger partial charge in [-0.25, -0.2) is 4.79 Å². The lowest BCUT2D eigenvalue weighted by Crippen LogP contribution is -2.21. The molecule has 0 saturated carbocycles. The monoisotopic (exact) mass is 613 g/mol. The van der Waals surface area contributed by atoms with E-state index in [4.69, 9.17) is 30.9 Å². The molecule has 0 bridgehead atoms. The molecule has 0 amide bonds. The molecule has 0 spiro atoms. The van der Waals surface area contributed by atoms with Gasteiger partial charge in [-0.1, -0.05) is 5.16 Å². The number of rotatable bonds is 10. The zero-order chi connectivity index (χ0) is 23.9. The maximum absolute atomic E-state index is 12.0. The zero-order valence-electron chi connectivity index (χ0n) is 17.0. The molecule has 2 aromatic rings. The van der Waals surface area contributed by atoms with E-state index in [9.17, 15) is 13.2 Å². The number of halogens is 3. The number of carbonyl (C=O) groups is 1. The second kappa shape index (κ2) is 11.8. The summed E-state index contributed by atoms with van der Waals surface area (Å²) in [5.74, 6) is 0.0757. The number of benzene rings is 2. The summed E-state index contributed by atoms with van der Waals surface area (Å²) < 4.78 is 44.9. The number of nitrogens with zero attached hydrogens (tertiary/aromatic N) is 1. The van der Waals surface area contributed by atoms with Gasteiger partial charge in [-0.15, -0.1) is 0 Å². The van der Waals surface area contributed by atoms with Crippen molar-refractivity contribution in [2.45, 2.75) is 24.8 Å². The van der Waals surface area contributed by atoms with Gasteiger partial charge in [-0.3, -0.25) is 0 Å². The minimum Gasteiger partial charge on any atom is -0.495 e. The van der Waals surface area contributed by atoms with Crippen LogP contribution in [0.3, 0.4) is 0 Å². The third-order valence-electron chi connectivity index (χ3n) is 3.77. The molecule has 0 heterocycles. The minimum absolute atomic E-state index is 0.0414. The number of hydrogen-bond acceptors (Lipinski definition) is 9. The standard InChI is InChI=1S/C19H18Br2ClNO8S/c1-4-28-19(24)11(2)30-23-10-12-7-14(20)18(15(21)8-12)29-13-5-6-16(27-3)17(9-13)32(25,26)31-22/h5-11H,4H2,1-3H3. The van der Waals surface area contributed by atoms with Crippen LogP contribution in [0.25, 0.3) is 0 Å². The highest BCUT2D eigenvalue weighted by molar-refractivity contribution is 9.11. The molecule has 1 atom stereocenters. The van der Waals surface area contributed by atoms with E-state index >= 15 is 0 Å². The first-order valence-electron chi connectivity index (χ1n) is 8.88. The van der Waals surface area contributed by atoms with Gasteiger partial charge in [0.15, 0.2) is 5.75 Å². The summed E-state index contributed by atoms with van der Waals surface area (Å²) in [5.41, 5.74) is 0.626. The largest absolute Gasteiger partial charge is 0.495 e. The number of methoxy groups -OCH3 is 1. The van der Waals surface area contributed by atoms with Crippen LogP contribution in [0.5, 0.6) is 17.2 Å². The van der Waals surface area contributed by atoms with Crippen molar-refractivity contribution in [2.24, 2.45) is 5.16 Å². The first-order valence-corrected chi connectivity index (χ1v) is 12.2. The molecular formula is C19H18Br2ClNO8S. The predicted molar refractivity (Wildman–Crippen MR) is 124 cm³/mol. The van der Waals surface area contributed by atoms with Crippen LogP contribution in [0.1, 0.15) is 19.4 Å². The Balaban J connectivity index is 2.24. The Morgan fingerprint density at radius 3 is 2.44 bits per heavy atom. The zero-order valence-corrected chi connectivity index (χ0v) is 21.7. The molecule has 0 N–H and O–H groups in total. The van der Waals surface area contributed by atoms with Gasteiger partial charge in [-0.2, -0.15) is 12.2 Å². The second-order valence-electron chi connectivity index (χ2n) is 5.98. The SMILES string of the molecule is CCOC(=O)C(C)ON=Cc1cc(Br)c(Oc2ccc(OC)c(S(=O)(=O)OCl)c2)c(Br)c1. The van der Waals surface area contributed by atoms with E-state index in [-0.39, 0.29) is 23.0 Å². The van der Waals surface area contributed by atoms with Crippen molar-refractivity contribution < 1.29 is 36.0 Å². The van der Waals surface area contributed by atoms with Crippen molar-refractivity contribution in [1.29, 1.82) is 0 Å². The van der Waals surface area contributed by atoms with Crippen molar-refractivity contribution in [2.75, 3.05) is 13.7 Å². The van der Waals surface area contributed by atoms with Gasteiger partial charge in [0, 0.05) is 6.07 Å². The molecule has 2 rings (SSSR count). The third-order valence-corrected chi connectivity index (χ3v) is 6.47. The van der Waals surface area contributed by atoms with E-state index < -0.39 is 22.2 Å². The molecule has 2 aromatic carbocycles. The summed E-state index contributed by atoms with van der Waals surface area (Å²) in [6, 6.07) is 7.51. The van der Waals surface area contributed by atoms with E-state index in [0.29, 0.717) is 20.3 Å². The van der Waals surface area contributed by atoms with Crippen LogP contribution in [-0.4, -0.2) is 40.4 Å². The quantitative estimate of drug-likeness (QED) is 0.205. The third kappa shape index (κ3) is 6.82. The van der Waals surface area contributed by atoms with Crippen molar-refractivity contribution >= 4 is 66.0 Å². The molecule has 9 nitrogen and oxygen atoms in total. The molecule has 174 valence electrons. The fourth-order valence-electron chi connectivity index (χ4n) is 2.30. The van der Waals surface area contributed by atoms with Gasteiger partial charge >= 0.3 is 16.1 Å². The van der Waals surface area contributed by atoms with Crippen molar-refractivity contribution in [3.05, 3.63) is 44.8 Å². The lowest BCUT2D eigenvalue weighted by molar-refractivity contribution is -0.155. The topological polar surface area (TPSA) is 110 Å². The number of ether oxygens (including phenoxy) is 3. The Bertz CT molecular complexity index is 1090. The van der Waals surface area contributed by atoms with Crippen molar-refractivity contribution in [1.82, 2.24) is 0 Å². The van der Waals surface area contributed by atoms with E-state index in [1.807, 2.05) is 0 Å². The maximum Gasteiger partial charge on any atom is 0.349 e. The average Bonchev–Trinajstić information content (AvgIpc) is 2.76. The molecular weight excluding hydrogens is 598 g/mol. The van der Waals surface area contributed by atoms with Gasteiger partial charge in [0.1, 0.15) is 16.4 Å². The summed E-state index contributed by atoms with van der Waals surface area (Å²) >= 11 is 11.9. The smallest absolute Gasteiger partial charge is 0.349 e. The molecule has 32 heavy (non-hydrogen) atoms. The molecule has 0 saturated heterocycles. The Hall–Kier alpha value is -1.86. The molecule has 0 aromatic heterocycles. The second-order valence-corrected chi connectivity index (χ2v) is 9.54. The van der Waals surface area contributed by atoms with Crippen LogP contribution in [0.2, 0.25) is 0 Å². The average molecular weight is 616 g/mol. The maximum atomic E-state index is 12.0. The van der Waals surface area contributed by atoms with Crippen LogP contribution in [-0.2, 0) is 28.2 Å². The lowest BCUT2D eigenvalue weighted by atomic mass is 10.2. The number of esters is 1. The summed E-state index contributed by atoms with van der Waals surface area (Å²) in [4.78, 5) is 16.3. The first-order chi connectivity index (χ1) is 15.1. The molecule has 1 unspecified atom stereocenters. The highest BCUT2D eigenvalue weighted by Gasteiger charge is 2.22. The van der Waals surface area contributed by atoms with Gasteiger partial charge in [-0.05, 0) is 75.5 Å². The fraction of sp³-hybridized carbons (Fsp3) is 0.263. The van der Waals surface area contributed by atoms with E-state index in [1.165, 1.54) is 38.4 Å². The lowest BCUT2D eigenvalue weighted by Gasteiger charge is -2.13. The van der Waals surface area contributed by atoms with Crippen molar-refractivity contribution in [3.8, 4) is 17.2 Å². The molecule has 0 radical (unpaired) electrons. The van der Waals surface area contributed by atoms with Crippen LogP contribution >= 0.6 is 43.7 Å². The van der Waals surface area contributed by atoms with Crippen LogP contribution in [0.4, 0.5) is 0 Å². The van der Waals surface area contributed by atoms with Gasteiger partial charge in [0.2, 0.25) is 6.10 Å². The van der Waals surface area contributed by atoms with Crippen LogP contribution in [0.15, 0.2) is 49.3 Å².